The molecule has 1 aliphatic rings. The van der Waals surface area contributed by atoms with Gasteiger partial charge in [0.05, 0.1) is 0 Å². The minimum absolute atomic E-state index is 0.216. The highest BCUT2D eigenvalue weighted by molar-refractivity contribution is 5.49. The molecule has 1 saturated heterocycles. The highest BCUT2D eigenvalue weighted by Crippen LogP contribution is 2.27. The van der Waals surface area contributed by atoms with Gasteiger partial charge in [-0.1, -0.05) is 32.9 Å². The maximum atomic E-state index is 9.28. The van der Waals surface area contributed by atoms with E-state index in [1.807, 2.05) is 0 Å². The van der Waals surface area contributed by atoms with E-state index in [4.69, 9.17) is 0 Å². The standard InChI is InChI=1S/C16H25NO/c1-16(2,3)14-6-8-15(9-7-14)17-10-4-5-13(11-17)12-18/h6-9,13,18H,4-5,10-12H2,1-3H3. The number of aliphatic hydroxyl groups is 1. The van der Waals surface area contributed by atoms with Gasteiger partial charge in [-0.2, -0.15) is 0 Å². The summed E-state index contributed by atoms with van der Waals surface area (Å²) in [7, 11) is 0. The van der Waals surface area contributed by atoms with Crippen molar-refractivity contribution in [1.82, 2.24) is 0 Å². The molecule has 1 aromatic carbocycles. The fourth-order valence-corrected chi connectivity index (χ4v) is 2.62. The SMILES string of the molecule is CC(C)(C)c1ccc(N2CCCC(CO)C2)cc1. The molecule has 1 unspecified atom stereocenters. The van der Waals surface area contributed by atoms with Crippen LogP contribution in [0.5, 0.6) is 0 Å². The van der Waals surface area contributed by atoms with Gasteiger partial charge in [-0.25, -0.2) is 0 Å². The van der Waals surface area contributed by atoms with Gasteiger partial charge in [0.25, 0.3) is 0 Å². The summed E-state index contributed by atoms with van der Waals surface area (Å²) in [6.07, 6.45) is 2.35. The molecule has 1 fully saturated rings. The summed E-state index contributed by atoms with van der Waals surface area (Å²) in [6.45, 7) is 9.15. The monoisotopic (exact) mass is 247 g/mol. The number of benzene rings is 1. The van der Waals surface area contributed by atoms with Crippen LogP contribution in [0.25, 0.3) is 0 Å². The quantitative estimate of drug-likeness (QED) is 0.867. The van der Waals surface area contributed by atoms with Crippen molar-refractivity contribution >= 4 is 5.69 Å². The molecule has 1 aliphatic heterocycles. The van der Waals surface area contributed by atoms with Crippen molar-refractivity contribution < 1.29 is 5.11 Å². The van der Waals surface area contributed by atoms with E-state index in [1.165, 1.54) is 17.7 Å². The van der Waals surface area contributed by atoms with Crippen LogP contribution in [-0.2, 0) is 5.41 Å². The van der Waals surface area contributed by atoms with Gasteiger partial charge in [-0.15, -0.1) is 0 Å². The van der Waals surface area contributed by atoms with Crippen LogP contribution in [0.15, 0.2) is 24.3 Å². The molecule has 0 saturated carbocycles. The van der Waals surface area contributed by atoms with E-state index in [1.54, 1.807) is 0 Å². The third-order valence-corrected chi connectivity index (χ3v) is 3.88. The fraction of sp³-hybridized carbons (Fsp3) is 0.625. The normalized spacial score (nSPS) is 21.1. The van der Waals surface area contributed by atoms with Gasteiger partial charge in [0.2, 0.25) is 0 Å². The summed E-state index contributed by atoms with van der Waals surface area (Å²) < 4.78 is 0. The molecule has 0 amide bonds. The Balaban J connectivity index is 2.09. The Kier molecular flexibility index (Phi) is 3.96. The minimum atomic E-state index is 0.216. The summed E-state index contributed by atoms with van der Waals surface area (Å²) in [5.74, 6) is 0.445. The van der Waals surface area contributed by atoms with Crippen LogP contribution in [0.2, 0.25) is 0 Å². The zero-order chi connectivity index (χ0) is 13.2. The average molecular weight is 247 g/mol. The number of aliphatic hydroxyl groups excluding tert-OH is 1. The van der Waals surface area contributed by atoms with Gasteiger partial charge >= 0.3 is 0 Å². The van der Waals surface area contributed by atoms with Crippen LogP contribution in [-0.4, -0.2) is 24.8 Å². The third kappa shape index (κ3) is 3.05. The lowest BCUT2D eigenvalue weighted by Gasteiger charge is -2.34. The van der Waals surface area contributed by atoms with Crippen molar-refractivity contribution in [1.29, 1.82) is 0 Å². The van der Waals surface area contributed by atoms with Gasteiger partial charge in [0.15, 0.2) is 0 Å². The van der Waals surface area contributed by atoms with Gasteiger partial charge in [0, 0.05) is 25.4 Å². The van der Waals surface area contributed by atoms with Crippen molar-refractivity contribution in [2.45, 2.75) is 39.0 Å². The topological polar surface area (TPSA) is 23.5 Å². The molecule has 0 bridgehead atoms. The largest absolute Gasteiger partial charge is 0.396 e. The second-order valence-electron chi connectivity index (χ2n) is 6.43. The molecule has 2 nitrogen and oxygen atoms in total. The summed E-state index contributed by atoms with van der Waals surface area (Å²) >= 11 is 0. The molecule has 18 heavy (non-hydrogen) atoms. The van der Waals surface area contributed by atoms with E-state index in [2.05, 4.69) is 49.9 Å². The van der Waals surface area contributed by atoms with Crippen molar-refractivity contribution in [3.05, 3.63) is 29.8 Å². The predicted octanol–water partition coefficient (Wildman–Crippen LogP) is 3.19. The van der Waals surface area contributed by atoms with Gasteiger partial charge in [-0.05, 0) is 41.9 Å². The Hall–Kier alpha value is -1.02. The van der Waals surface area contributed by atoms with Crippen LogP contribution in [0.4, 0.5) is 5.69 Å². The van der Waals surface area contributed by atoms with E-state index >= 15 is 0 Å². The minimum Gasteiger partial charge on any atom is -0.396 e. The molecule has 0 aromatic heterocycles. The molecule has 0 radical (unpaired) electrons. The lowest BCUT2D eigenvalue weighted by atomic mass is 9.87. The van der Waals surface area contributed by atoms with Crippen molar-refractivity contribution in [2.75, 3.05) is 24.6 Å². The average Bonchev–Trinajstić information content (AvgIpc) is 2.38. The molecule has 1 N–H and O–H groups in total. The zero-order valence-corrected chi connectivity index (χ0v) is 11.8. The molecule has 0 aliphatic carbocycles. The van der Waals surface area contributed by atoms with Crippen molar-refractivity contribution in [2.24, 2.45) is 5.92 Å². The first kappa shape index (κ1) is 13.4. The highest BCUT2D eigenvalue weighted by Gasteiger charge is 2.20. The zero-order valence-electron chi connectivity index (χ0n) is 11.8. The lowest BCUT2D eigenvalue weighted by molar-refractivity contribution is 0.209. The molecular weight excluding hydrogens is 222 g/mol. The number of anilines is 1. The van der Waals surface area contributed by atoms with Crippen LogP contribution < -0.4 is 4.90 Å². The smallest absolute Gasteiger partial charge is 0.0476 e. The lowest BCUT2D eigenvalue weighted by Crippen LogP contribution is -2.36. The predicted molar refractivity (Wildman–Crippen MR) is 77.2 cm³/mol. The first-order valence-corrected chi connectivity index (χ1v) is 6.97. The Bertz CT molecular complexity index is 377. The molecule has 1 heterocycles. The maximum absolute atomic E-state index is 9.28. The Morgan fingerprint density at radius 1 is 1.22 bits per heavy atom. The number of nitrogens with zero attached hydrogens (tertiary/aromatic N) is 1. The molecule has 0 spiro atoms. The van der Waals surface area contributed by atoms with Gasteiger partial charge < -0.3 is 10.0 Å². The van der Waals surface area contributed by atoms with E-state index < -0.39 is 0 Å². The summed E-state index contributed by atoms with van der Waals surface area (Å²) in [5, 5.41) is 9.28. The van der Waals surface area contributed by atoms with E-state index in [0.29, 0.717) is 12.5 Å². The first-order chi connectivity index (χ1) is 8.50. The molecule has 2 heteroatoms. The highest BCUT2D eigenvalue weighted by atomic mass is 16.3. The summed E-state index contributed by atoms with van der Waals surface area (Å²) in [6, 6.07) is 8.91. The van der Waals surface area contributed by atoms with Gasteiger partial charge in [-0.3, -0.25) is 0 Å². The first-order valence-electron chi connectivity index (χ1n) is 6.97. The molecule has 100 valence electrons. The van der Waals surface area contributed by atoms with E-state index in [0.717, 1.165) is 19.5 Å². The molecule has 1 aromatic rings. The van der Waals surface area contributed by atoms with Crippen molar-refractivity contribution in [3.63, 3.8) is 0 Å². The molecule has 2 rings (SSSR count). The number of rotatable bonds is 2. The molecular formula is C16H25NO. The molecule has 1 atom stereocenters. The number of hydrogen-bond acceptors (Lipinski definition) is 2. The summed E-state index contributed by atoms with van der Waals surface area (Å²) in [5.41, 5.74) is 2.89. The third-order valence-electron chi connectivity index (χ3n) is 3.88. The van der Waals surface area contributed by atoms with E-state index in [-0.39, 0.29) is 5.41 Å². The van der Waals surface area contributed by atoms with Crippen LogP contribution >= 0.6 is 0 Å². The van der Waals surface area contributed by atoms with Crippen molar-refractivity contribution in [3.8, 4) is 0 Å². The fourth-order valence-electron chi connectivity index (χ4n) is 2.62. The van der Waals surface area contributed by atoms with Gasteiger partial charge in [0.1, 0.15) is 0 Å². The van der Waals surface area contributed by atoms with Crippen LogP contribution in [0, 0.1) is 5.92 Å². The second kappa shape index (κ2) is 5.31. The van der Waals surface area contributed by atoms with Crippen LogP contribution in [0.3, 0.4) is 0 Å². The Labute approximate surface area is 111 Å². The summed E-state index contributed by atoms with van der Waals surface area (Å²) in [4.78, 5) is 2.40. The number of piperidine rings is 1. The maximum Gasteiger partial charge on any atom is 0.0476 e. The van der Waals surface area contributed by atoms with Crippen LogP contribution in [0.1, 0.15) is 39.2 Å². The second-order valence-corrected chi connectivity index (χ2v) is 6.43. The Morgan fingerprint density at radius 3 is 2.44 bits per heavy atom. The Morgan fingerprint density at radius 2 is 1.89 bits per heavy atom. The number of hydrogen-bond donors (Lipinski definition) is 1. The van der Waals surface area contributed by atoms with E-state index in [9.17, 15) is 5.11 Å².